The minimum absolute atomic E-state index is 0.604. The molecular formula is C8H14N2O3S. The molecule has 0 spiro atoms. The minimum Gasteiger partial charge on any atom is -0.748 e. The number of H-pyrrole nitrogens is 1. The van der Waals surface area contributed by atoms with E-state index in [1.54, 1.807) is 0 Å². The van der Waals surface area contributed by atoms with Gasteiger partial charge in [0.25, 0.3) is 5.82 Å². The Bertz CT molecular complexity index is 368. The molecule has 1 aromatic rings. The van der Waals surface area contributed by atoms with E-state index in [2.05, 4.69) is 11.9 Å². The Labute approximate surface area is 83.7 Å². The number of nitrogens with two attached hydrogens (primary N) is 1. The first-order valence-corrected chi connectivity index (χ1v) is 5.82. The van der Waals surface area contributed by atoms with Crippen LogP contribution in [0.15, 0.2) is 18.3 Å². The minimum atomic E-state index is -3.92. The predicted molar refractivity (Wildman–Crippen MR) is 52.4 cm³/mol. The van der Waals surface area contributed by atoms with Gasteiger partial charge in [0.1, 0.15) is 0 Å². The summed E-state index contributed by atoms with van der Waals surface area (Å²) in [5.74, 6) is 0.778. The van der Waals surface area contributed by atoms with Crippen LogP contribution < -0.4 is 10.7 Å². The van der Waals surface area contributed by atoms with E-state index in [1.165, 1.54) is 5.56 Å². The molecule has 0 amide bonds. The fourth-order valence-electron chi connectivity index (χ4n) is 0.793. The normalized spacial score (nSPS) is 10.2. The first kappa shape index (κ1) is 12.9. The summed E-state index contributed by atoms with van der Waals surface area (Å²) in [6, 6.07) is 3.97. The van der Waals surface area contributed by atoms with Crippen molar-refractivity contribution in [3.05, 3.63) is 23.9 Å². The van der Waals surface area contributed by atoms with E-state index in [1.807, 2.05) is 18.3 Å². The van der Waals surface area contributed by atoms with Gasteiger partial charge in [-0.2, -0.15) is 0 Å². The van der Waals surface area contributed by atoms with Crippen molar-refractivity contribution in [2.45, 2.75) is 13.3 Å². The van der Waals surface area contributed by atoms with Gasteiger partial charge in [-0.25, -0.2) is 13.4 Å². The third-order valence-corrected chi connectivity index (χ3v) is 1.36. The molecule has 0 unspecified atom stereocenters. The number of nitrogens with one attached hydrogen (secondary N) is 1. The van der Waals surface area contributed by atoms with E-state index in [0.717, 1.165) is 12.2 Å². The fourth-order valence-corrected chi connectivity index (χ4v) is 0.793. The van der Waals surface area contributed by atoms with Gasteiger partial charge < -0.3 is 4.55 Å². The predicted octanol–water partition coefficient (Wildman–Crippen LogP) is -0.193. The van der Waals surface area contributed by atoms with Gasteiger partial charge in [-0.05, 0) is 18.6 Å². The van der Waals surface area contributed by atoms with E-state index >= 15 is 0 Å². The molecule has 0 bridgehead atoms. The third kappa shape index (κ3) is 7.51. The molecule has 1 rings (SSSR count). The Kier molecular flexibility index (Phi) is 5.11. The lowest BCUT2D eigenvalue weighted by Gasteiger charge is -1.91. The smallest absolute Gasteiger partial charge is 0.273 e. The van der Waals surface area contributed by atoms with Crippen molar-refractivity contribution >= 4 is 15.9 Å². The molecule has 6 heteroatoms. The number of nitrogen functional groups attached to an aromatic ring is 1. The van der Waals surface area contributed by atoms with E-state index < -0.39 is 10.1 Å². The molecule has 14 heavy (non-hydrogen) atoms. The molecule has 0 saturated carbocycles. The van der Waals surface area contributed by atoms with E-state index in [-0.39, 0.29) is 0 Å². The van der Waals surface area contributed by atoms with Crippen LogP contribution in [-0.2, 0) is 16.5 Å². The Morgan fingerprint density at radius 1 is 1.57 bits per heavy atom. The van der Waals surface area contributed by atoms with Crippen LogP contribution in [0.1, 0.15) is 12.5 Å². The van der Waals surface area contributed by atoms with Crippen LogP contribution in [-0.4, -0.2) is 19.2 Å². The number of pyridine rings is 1. The molecule has 3 N–H and O–H groups in total. The molecule has 0 radical (unpaired) electrons. The number of anilines is 1. The number of hydrogen-bond donors (Lipinski definition) is 1. The van der Waals surface area contributed by atoms with Crippen LogP contribution >= 0.6 is 0 Å². The van der Waals surface area contributed by atoms with E-state index in [4.69, 9.17) is 18.7 Å². The topological polar surface area (TPSA) is 97.4 Å². The molecule has 0 saturated heterocycles. The molecule has 0 aliphatic rings. The summed E-state index contributed by atoms with van der Waals surface area (Å²) in [7, 11) is -3.92. The van der Waals surface area contributed by atoms with Gasteiger partial charge in [-0.15, -0.1) is 0 Å². The van der Waals surface area contributed by atoms with Gasteiger partial charge >= 0.3 is 0 Å². The second-order valence-electron chi connectivity index (χ2n) is 2.67. The SMILES string of the molecule is CCc1ccc[nH+]c1N.CS(=O)(=O)[O-]. The van der Waals surface area contributed by atoms with Crippen molar-refractivity contribution in [1.82, 2.24) is 0 Å². The summed E-state index contributed by atoms with van der Waals surface area (Å²) in [5.41, 5.74) is 6.75. The monoisotopic (exact) mass is 218 g/mol. The highest BCUT2D eigenvalue weighted by Crippen LogP contribution is 2.02. The second kappa shape index (κ2) is 5.56. The average molecular weight is 218 g/mol. The molecule has 0 aliphatic heterocycles. The second-order valence-corrected chi connectivity index (χ2v) is 4.07. The maximum absolute atomic E-state index is 9.08. The fraction of sp³-hybridized carbons (Fsp3) is 0.375. The maximum Gasteiger partial charge on any atom is 0.273 e. The summed E-state index contributed by atoms with van der Waals surface area (Å²) < 4.78 is 27.2. The van der Waals surface area contributed by atoms with Gasteiger partial charge in [-0.3, -0.25) is 5.73 Å². The first-order valence-electron chi connectivity index (χ1n) is 4.00. The summed E-state index contributed by atoms with van der Waals surface area (Å²) in [4.78, 5) is 2.93. The van der Waals surface area contributed by atoms with Gasteiger partial charge in [-0.1, -0.05) is 6.92 Å². The average Bonchev–Trinajstić information content (AvgIpc) is 2.02. The first-order chi connectivity index (χ1) is 6.34. The van der Waals surface area contributed by atoms with Crippen LogP contribution in [0.25, 0.3) is 0 Å². The lowest BCUT2D eigenvalue weighted by molar-refractivity contribution is -0.360. The summed E-state index contributed by atoms with van der Waals surface area (Å²) in [6.45, 7) is 2.08. The van der Waals surface area contributed by atoms with Crippen molar-refractivity contribution in [3.63, 3.8) is 0 Å². The number of aromatic amines is 1. The highest BCUT2D eigenvalue weighted by molar-refractivity contribution is 7.84. The van der Waals surface area contributed by atoms with Crippen molar-refractivity contribution < 1.29 is 18.0 Å². The molecule has 0 fully saturated rings. The van der Waals surface area contributed by atoms with Gasteiger partial charge in [0.15, 0.2) is 0 Å². The Hall–Kier alpha value is -1.14. The highest BCUT2D eigenvalue weighted by atomic mass is 32.2. The van der Waals surface area contributed by atoms with Crippen LogP contribution in [0.3, 0.4) is 0 Å². The van der Waals surface area contributed by atoms with E-state index in [0.29, 0.717) is 6.26 Å². The maximum atomic E-state index is 9.08. The zero-order valence-electron chi connectivity index (χ0n) is 8.15. The Morgan fingerprint density at radius 2 is 2.07 bits per heavy atom. The standard InChI is InChI=1S/C7H10N2.CH4O3S/c1-2-6-4-3-5-9-7(6)8;1-5(2,3)4/h3-5H,2H2,1H3,(H2,8,9);1H3,(H,2,3,4). The van der Waals surface area contributed by atoms with Crippen molar-refractivity contribution in [2.24, 2.45) is 0 Å². The van der Waals surface area contributed by atoms with Crippen molar-refractivity contribution in [3.8, 4) is 0 Å². The molecule has 0 aliphatic carbocycles. The van der Waals surface area contributed by atoms with Gasteiger partial charge in [0.2, 0.25) is 0 Å². The number of aryl methyl sites for hydroxylation is 1. The summed E-state index contributed by atoms with van der Waals surface area (Å²) in [5, 5.41) is 0. The number of aromatic nitrogens is 1. The van der Waals surface area contributed by atoms with Gasteiger partial charge in [0, 0.05) is 11.8 Å². The quantitative estimate of drug-likeness (QED) is 0.660. The van der Waals surface area contributed by atoms with Crippen molar-refractivity contribution in [2.75, 3.05) is 12.0 Å². The largest absolute Gasteiger partial charge is 0.748 e. The molecule has 1 heterocycles. The van der Waals surface area contributed by atoms with Crippen molar-refractivity contribution in [1.29, 1.82) is 0 Å². The Morgan fingerprint density at radius 3 is 2.36 bits per heavy atom. The molecular weight excluding hydrogens is 204 g/mol. The lowest BCUT2D eigenvalue weighted by atomic mass is 10.2. The van der Waals surface area contributed by atoms with Crippen LogP contribution in [0.5, 0.6) is 0 Å². The molecule has 80 valence electrons. The molecule has 5 nitrogen and oxygen atoms in total. The zero-order chi connectivity index (χ0) is 11.2. The molecule has 1 aromatic heterocycles. The zero-order valence-corrected chi connectivity index (χ0v) is 8.97. The van der Waals surface area contributed by atoms with Crippen LogP contribution in [0, 0.1) is 0 Å². The summed E-state index contributed by atoms with van der Waals surface area (Å²) in [6.07, 6.45) is 3.42. The molecule has 0 aromatic carbocycles. The third-order valence-electron chi connectivity index (χ3n) is 1.36. The number of hydrogen-bond acceptors (Lipinski definition) is 4. The Balaban J connectivity index is 0.000000292. The van der Waals surface area contributed by atoms with Crippen LogP contribution in [0.2, 0.25) is 0 Å². The van der Waals surface area contributed by atoms with Gasteiger partial charge in [0.05, 0.1) is 16.3 Å². The highest BCUT2D eigenvalue weighted by Gasteiger charge is 1.97. The molecule has 0 atom stereocenters. The lowest BCUT2D eigenvalue weighted by Crippen LogP contribution is -2.11. The van der Waals surface area contributed by atoms with E-state index in [9.17, 15) is 0 Å². The number of rotatable bonds is 1. The summed E-state index contributed by atoms with van der Waals surface area (Å²) >= 11 is 0. The van der Waals surface area contributed by atoms with Crippen LogP contribution in [0.4, 0.5) is 5.82 Å².